The third kappa shape index (κ3) is 9.23. The van der Waals surface area contributed by atoms with Crippen LogP contribution in [0.25, 0.3) is 0 Å². The fourth-order valence-corrected chi connectivity index (χ4v) is 5.41. The summed E-state index contributed by atoms with van der Waals surface area (Å²) in [6.07, 6.45) is 2.93. The van der Waals surface area contributed by atoms with Crippen molar-refractivity contribution in [1.29, 1.82) is 0 Å². The highest BCUT2D eigenvalue weighted by Gasteiger charge is 2.38. The van der Waals surface area contributed by atoms with Gasteiger partial charge in [-0.15, -0.1) is 0 Å². The van der Waals surface area contributed by atoms with Crippen LogP contribution in [-0.2, 0) is 24.4 Å². The number of hydrogen-bond donors (Lipinski definition) is 5. The van der Waals surface area contributed by atoms with Gasteiger partial charge < -0.3 is 25.8 Å². The second-order valence-corrected chi connectivity index (χ2v) is 12.1. The maximum absolute atomic E-state index is 13.1. The van der Waals surface area contributed by atoms with Crippen LogP contribution in [0.2, 0.25) is 0 Å². The Morgan fingerprint density at radius 3 is 2.20 bits per heavy atom. The van der Waals surface area contributed by atoms with E-state index in [2.05, 4.69) is 29.8 Å². The monoisotopic (exact) mass is 519 g/mol. The Balaban J connectivity index is 2.04. The van der Waals surface area contributed by atoms with E-state index in [1.54, 1.807) is 0 Å². The van der Waals surface area contributed by atoms with E-state index in [4.69, 9.17) is 4.74 Å². The molecular formula is C23H41N3O8S. The van der Waals surface area contributed by atoms with E-state index in [0.717, 1.165) is 25.7 Å². The van der Waals surface area contributed by atoms with Crippen LogP contribution in [-0.4, -0.2) is 66.2 Å². The molecule has 0 aromatic heterocycles. The highest BCUT2D eigenvalue weighted by Crippen LogP contribution is 2.31. The number of alkyl carbamates (subject to hydrolysis) is 1. The van der Waals surface area contributed by atoms with Gasteiger partial charge in [0.2, 0.25) is 17.3 Å². The molecule has 2 fully saturated rings. The molecule has 1 saturated heterocycles. The van der Waals surface area contributed by atoms with Crippen LogP contribution in [0.1, 0.15) is 72.6 Å². The van der Waals surface area contributed by atoms with E-state index < -0.39 is 45.6 Å². The lowest BCUT2D eigenvalue weighted by molar-refractivity contribution is -0.126. The molecule has 12 heteroatoms. The fourth-order valence-electron chi connectivity index (χ4n) is 4.82. The van der Waals surface area contributed by atoms with E-state index >= 15 is 0 Å². The first-order chi connectivity index (χ1) is 16.3. The number of amides is 3. The number of ether oxygens (including phenoxy) is 1. The molecule has 11 nitrogen and oxygen atoms in total. The molecule has 1 heterocycles. The van der Waals surface area contributed by atoms with Gasteiger partial charge in [-0.25, -0.2) is 4.79 Å². The number of nitrogens with one attached hydrogen (secondary N) is 3. The van der Waals surface area contributed by atoms with Gasteiger partial charge in [0.25, 0.3) is 10.1 Å². The fraction of sp³-hybridized carbons (Fsp3) is 0.870. The van der Waals surface area contributed by atoms with Gasteiger partial charge in [0.15, 0.2) is 0 Å². The predicted molar refractivity (Wildman–Crippen MR) is 129 cm³/mol. The molecule has 1 aliphatic heterocycles. The molecule has 1 unspecified atom stereocenters. The van der Waals surface area contributed by atoms with Gasteiger partial charge >= 0.3 is 6.09 Å². The van der Waals surface area contributed by atoms with Crippen molar-refractivity contribution in [2.24, 2.45) is 23.7 Å². The lowest BCUT2D eigenvalue weighted by Crippen LogP contribution is -2.55. The number of aliphatic hydroxyl groups excluding tert-OH is 1. The Morgan fingerprint density at radius 1 is 1.09 bits per heavy atom. The molecule has 4 atom stereocenters. The van der Waals surface area contributed by atoms with Crippen LogP contribution in [0.3, 0.4) is 0 Å². The minimum Gasteiger partial charge on any atom is -0.446 e. The Labute approximate surface area is 207 Å². The van der Waals surface area contributed by atoms with Crippen LogP contribution < -0.4 is 16.0 Å². The van der Waals surface area contributed by atoms with Gasteiger partial charge in [-0.05, 0) is 62.7 Å². The van der Waals surface area contributed by atoms with Gasteiger partial charge in [-0.1, -0.05) is 27.7 Å². The largest absolute Gasteiger partial charge is 0.446 e. The third-order valence-corrected chi connectivity index (χ3v) is 7.87. The summed E-state index contributed by atoms with van der Waals surface area (Å²) >= 11 is 0. The first kappa shape index (κ1) is 29.3. The standard InChI is InChI=1S/C23H41N3O8S/c1-13(2)11-18(26-23(30)34-17-7-5-15(6-8-17)14(3)4)21(28)25-19(22(29)35(31,32)33)12-16-9-10-24-20(16)27/h13-19,22,29H,5-12H2,1-4H3,(H,24,27)(H,25,28)(H,26,30)(H,31,32,33)/t15?,16-,17?,18-,19-,22?/m0/s1. The Kier molecular flexibility index (Phi) is 10.8. The van der Waals surface area contributed by atoms with E-state index in [-0.39, 0.29) is 30.8 Å². The molecule has 2 rings (SSSR count). The molecule has 0 spiro atoms. The van der Waals surface area contributed by atoms with Gasteiger partial charge in [0.1, 0.15) is 12.1 Å². The topological polar surface area (TPSA) is 171 Å². The maximum Gasteiger partial charge on any atom is 0.408 e. The Bertz CT molecular complexity index is 840. The summed E-state index contributed by atoms with van der Waals surface area (Å²) in [4.78, 5) is 37.6. The number of carbonyl (C=O) groups is 3. The van der Waals surface area contributed by atoms with Crippen molar-refractivity contribution in [2.45, 2.75) is 96.3 Å². The molecule has 35 heavy (non-hydrogen) atoms. The van der Waals surface area contributed by atoms with Crippen molar-refractivity contribution in [3.05, 3.63) is 0 Å². The summed E-state index contributed by atoms with van der Waals surface area (Å²) in [6.45, 7) is 8.47. The zero-order valence-electron chi connectivity index (χ0n) is 21.0. The van der Waals surface area contributed by atoms with Crippen LogP contribution in [0.4, 0.5) is 4.79 Å². The molecular weight excluding hydrogens is 478 g/mol. The first-order valence-electron chi connectivity index (χ1n) is 12.5. The number of rotatable bonds is 11. The number of aliphatic hydroxyl groups is 1. The van der Waals surface area contributed by atoms with E-state index in [1.165, 1.54) is 0 Å². The third-order valence-electron chi connectivity index (χ3n) is 6.93. The van der Waals surface area contributed by atoms with Crippen molar-refractivity contribution in [3.63, 3.8) is 0 Å². The average Bonchev–Trinajstić information content (AvgIpc) is 3.15. The molecule has 5 N–H and O–H groups in total. The SMILES string of the molecule is CC(C)C[C@H](NC(=O)OC1CCC(C(C)C)CC1)C(=O)N[C@@H](C[C@@H]1CCNC1=O)C(O)S(=O)(=O)O. The van der Waals surface area contributed by atoms with Crippen LogP contribution in [0.5, 0.6) is 0 Å². The Hall–Kier alpha value is -1.92. The maximum atomic E-state index is 13.1. The summed E-state index contributed by atoms with van der Waals surface area (Å²) in [7, 11) is -4.91. The van der Waals surface area contributed by atoms with Crippen LogP contribution in [0, 0.1) is 23.7 Å². The van der Waals surface area contributed by atoms with Crippen LogP contribution in [0.15, 0.2) is 0 Å². The van der Waals surface area contributed by atoms with Crippen molar-refractivity contribution < 1.29 is 37.2 Å². The Morgan fingerprint density at radius 2 is 1.71 bits per heavy atom. The summed E-state index contributed by atoms with van der Waals surface area (Å²) < 4.78 is 38.1. The number of carbonyl (C=O) groups excluding carboxylic acids is 3. The molecule has 3 amide bonds. The first-order valence-corrected chi connectivity index (χ1v) is 14.0. The summed E-state index contributed by atoms with van der Waals surface area (Å²) in [5, 5.41) is 17.8. The van der Waals surface area contributed by atoms with E-state index in [9.17, 15) is 32.5 Å². The van der Waals surface area contributed by atoms with Crippen molar-refractivity contribution >= 4 is 28.0 Å². The van der Waals surface area contributed by atoms with Crippen molar-refractivity contribution in [1.82, 2.24) is 16.0 Å². The molecule has 202 valence electrons. The van der Waals surface area contributed by atoms with Gasteiger partial charge in [0.05, 0.1) is 6.04 Å². The van der Waals surface area contributed by atoms with Gasteiger partial charge in [0, 0.05) is 12.5 Å². The summed E-state index contributed by atoms with van der Waals surface area (Å²) in [5.41, 5.74) is -2.32. The van der Waals surface area contributed by atoms with E-state index in [1.807, 2.05) is 13.8 Å². The second-order valence-electron chi connectivity index (χ2n) is 10.5. The lowest BCUT2D eigenvalue weighted by atomic mass is 9.80. The smallest absolute Gasteiger partial charge is 0.408 e. The van der Waals surface area contributed by atoms with Gasteiger partial charge in [-0.2, -0.15) is 8.42 Å². The summed E-state index contributed by atoms with van der Waals surface area (Å²) in [5.74, 6) is -0.502. The summed E-state index contributed by atoms with van der Waals surface area (Å²) in [6, 6.07) is -2.49. The average molecular weight is 520 g/mol. The quantitative estimate of drug-likeness (QED) is 0.256. The molecule has 1 aliphatic carbocycles. The zero-order valence-corrected chi connectivity index (χ0v) is 21.8. The van der Waals surface area contributed by atoms with Gasteiger partial charge in [-0.3, -0.25) is 14.1 Å². The normalized spacial score (nSPS) is 25.6. The molecule has 2 aliphatic rings. The zero-order chi connectivity index (χ0) is 26.3. The van der Waals surface area contributed by atoms with Crippen LogP contribution >= 0.6 is 0 Å². The molecule has 0 aromatic carbocycles. The molecule has 0 radical (unpaired) electrons. The van der Waals surface area contributed by atoms with Crippen molar-refractivity contribution in [3.8, 4) is 0 Å². The van der Waals surface area contributed by atoms with E-state index in [0.29, 0.717) is 24.8 Å². The lowest BCUT2D eigenvalue weighted by Gasteiger charge is -2.31. The highest BCUT2D eigenvalue weighted by atomic mass is 32.2. The minimum atomic E-state index is -4.91. The molecule has 1 saturated carbocycles. The second kappa shape index (κ2) is 12.9. The predicted octanol–water partition coefficient (Wildman–Crippen LogP) is 1.56. The molecule has 0 bridgehead atoms. The van der Waals surface area contributed by atoms with Crippen molar-refractivity contribution in [2.75, 3.05) is 6.54 Å². The number of hydrogen-bond acceptors (Lipinski definition) is 7. The highest BCUT2D eigenvalue weighted by molar-refractivity contribution is 7.86. The molecule has 0 aromatic rings. The minimum absolute atomic E-state index is 0.00177.